The molecule has 0 unspecified atom stereocenters. The summed E-state index contributed by atoms with van der Waals surface area (Å²) >= 11 is 0. The van der Waals surface area contributed by atoms with Crippen LogP contribution in [0.3, 0.4) is 0 Å². The molecule has 2 rings (SSSR count). The van der Waals surface area contributed by atoms with Gasteiger partial charge in [0.1, 0.15) is 0 Å². The van der Waals surface area contributed by atoms with E-state index in [1.807, 2.05) is 0 Å². The minimum absolute atomic E-state index is 0.147. The smallest absolute Gasteiger partial charge is 0.411 e. The third-order valence-corrected chi connectivity index (χ3v) is 4.72. The topological polar surface area (TPSA) is 143 Å². The first-order chi connectivity index (χ1) is 14.6. The predicted octanol–water partition coefficient (Wildman–Crippen LogP) is 0.471. The van der Waals surface area contributed by atoms with Crippen molar-refractivity contribution in [3.8, 4) is 0 Å². The van der Waals surface area contributed by atoms with E-state index >= 15 is 0 Å². The van der Waals surface area contributed by atoms with Crippen LogP contribution in [0.2, 0.25) is 0 Å². The summed E-state index contributed by atoms with van der Waals surface area (Å²) in [6.45, 7) is 1.76. The number of amides is 4. The molecule has 168 valence electrons. The Morgan fingerprint density at radius 1 is 1.23 bits per heavy atom. The molecule has 0 aliphatic carbocycles. The second kappa shape index (κ2) is 9.96. The van der Waals surface area contributed by atoms with Crippen molar-refractivity contribution in [2.75, 3.05) is 19.5 Å². The van der Waals surface area contributed by atoms with Crippen molar-refractivity contribution in [2.24, 2.45) is 5.92 Å². The van der Waals surface area contributed by atoms with Gasteiger partial charge < -0.3 is 20.7 Å². The molecule has 0 saturated carbocycles. The summed E-state index contributed by atoms with van der Waals surface area (Å²) in [5, 5.41) is 9.17. The number of carbonyl (C=O) groups is 5. The molecule has 1 aliphatic heterocycles. The minimum atomic E-state index is -1.42. The van der Waals surface area contributed by atoms with Crippen LogP contribution < -0.4 is 21.3 Å². The molecular weight excluding hydrogens is 418 g/mol. The highest BCUT2D eigenvalue weighted by Gasteiger charge is 2.36. The SMILES string of the molecule is CNC(=O)C(=O)[C@H](C[C@@H]1C[C@@H](C)NC1=O)NC(=O)c1cc(F)c(F)cc1NC(=O)OC. The van der Waals surface area contributed by atoms with E-state index in [0.717, 1.165) is 7.11 Å². The molecule has 31 heavy (non-hydrogen) atoms. The Balaban J connectivity index is 2.33. The van der Waals surface area contributed by atoms with Crippen LogP contribution in [0.5, 0.6) is 0 Å². The molecule has 1 aromatic rings. The first-order valence-corrected chi connectivity index (χ1v) is 9.28. The maximum absolute atomic E-state index is 13.8. The number of carbonyl (C=O) groups excluding carboxylic acids is 5. The molecule has 1 aliphatic rings. The van der Waals surface area contributed by atoms with Gasteiger partial charge in [-0.25, -0.2) is 13.6 Å². The van der Waals surface area contributed by atoms with Crippen molar-refractivity contribution in [3.05, 3.63) is 29.3 Å². The average Bonchev–Trinajstić information content (AvgIpc) is 3.05. The van der Waals surface area contributed by atoms with Gasteiger partial charge in [-0.2, -0.15) is 0 Å². The molecule has 0 radical (unpaired) electrons. The Hall–Kier alpha value is -3.57. The van der Waals surface area contributed by atoms with Crippen LogP contribution in [0.1, 0.15) is 30.1 Å². The number of methoxy groups -OCH3 is 1. The summed E-state index contributed by atoms with van der Waals surface area (Å²) in [5.41, 5.74) is -0.926. The lowest BCUT2D eigenvalue weighted by Crippen LogP contribution is -2.48. The molecule has 4 N–H and O–H groups in total. The van der Waals surface area contributed by atoms with Crippen molar-refractivity contribution in [3.63, 3.8) is 0 Å². The van der Waals surface area contributed by atoms with Crippen molar-refractivity contribution < 1.29 is 37.5 Å². The number of rotatable bonds is 7. The van der Waals surface area contributed by atoms with E-state index in [9.17, 15) is 32.8 Å². The largest absolute Gasteiger partial charge is 0.453 e. The van der Waals surface area contributed by atoms with Crippen molar-refractivity contribution in [2.45, 2.75) is 31.8 Å². The number of anilines is 1. The summed E-state index contributed by atoms with van der Waals surface area (Å²) < 4.78 is 31.8. The Morgan fingerprint density at radius 2 is 1.87 bits per heavy atom. The van der Waals surface area contributed by atoms with Gasteiger partial charge >= 0.3 is 6.09 Å². The van der Waals surface area contributed by atoms with E-state index in [-0.39, 0.29) is 18.4 Å². The van der Waals surface area contributed by atoms with E-state index in [1.165, 1.54) is 7.05 Å². The lowest BCUT2D eigenvalue weighted by Gasteiger charge is -2.20. The fourth-order valence-electron chi connectivity index (χ4n) is 3.19. The maximum Gasteiger partial charge on any atom is 0.411 e. The molecule has 3 atom stereocenters. The van der Waals surface area contributed by atoms with Crippen LogP contribution in [-0.4, -0.2) is 55.8 Å². The molecule has 1 aromatic carbocycles. The zero-order chi connectivity index (χ0) is 23.3. The standard InChI is InChI=1S/C19H22F2N4O6/c1-8-4-9(16(27)23-8)5-14(15(26)18(29)22-2)24-17(28)10-6-11(20)12(21)7-13(10)25-19(30)31-3/h6-9,14H,4-5H2,1-3H3,(H,22,29)(H,23,27)(H,24,28)(H,25,30)/t8-,9+,14+/m1/s1. The molecular formula is C19H22F2N4O6. The van der Waals surface area contributed by atoms with Gasteiger partial charge in [0.15, 0.2) is 11.6 Å². The number of likely N-dealkylation sites (N-methyl/N-ethyl adjacent to an activating group) is 1. The normalized spacial score (nSPS) is 18.5. The Labute approximate surface area is 176 Å². The van der Waals surface area contributed by atoms with Gasteiger partial charge in [-0.3, -0.25) is 24.5 Å². The summed E-state index contributed by atoms with van der Waals surface area (Å²) in [6, 6.07) is -0.469. The first kappa shape index (κ1) is 23.7. The van der Waals surface area contributed by atoms with E-state index in [0.29, 0.717) is 18.6 Å². The van der Waals surface area contributed by atoms with Gasteiger partial charge in [-0.1, -0.05) is 0 Å². The predicted molar refractivity (Wildman–Crippen MR) is 103 cm³/mol. The summed E-state index contributed by atoms with van der Waals surface area (Å²) in [7, 11) is 2.25. The number of hydrogen-bond acceptors (Lipinski definition) is 6. The van der Waals surface area contributed by atoms with Gasteiger partial charge in [0, 0.05) is 25.1 Å². The summed E-state index contributed by atoms with van der Waals surface area (Å²) in [5.74, 6) is -6.79. The van der Waals surface area contributed by atoms with Crippen molar-refractivity contribution in [1.29, 1.82) is 0 Å². The Bertz CT molecular complexity index is 923. The first-order valence-electron chi connectivity index (χ1n) is 9.28. The molecule has 0 spiro atoms. The Kier molecular flexibility index (Phi) is 7.61. The van der Waals surface area contributed by atoms with Crippen molar-refractivity contribution >= 4 is 35.3 Å². The van der Waals surface area contributed by atoms with Gasteiger partial charge in [0.25, 0.3) is 11.8 Å². The van der Waals surface area contributed by atoms with Gasteiger partial charge in [-0.15, -0.1) is 0 Å². The van der Waals surface area contributed by atoms with Crippen LogP contribution in [0.4, 0.5) is 19.3 Å². The number of benzene rings is 1. The number of ketones is 1. The zero-order valence-corrected chi connectivity index (χ0v) is 17.0. The third kappa shape index (κ3) is 5.74. The molecule has 4 amide bonds. The van der Waals surface area contributed by atoms with Gasteiger partial charge in [0.05, 0.1) is 24.4 Å². The third-order valence-electron chi connectivity index (χ3n) is 4.72. The number of nitrogens with one attached hydrogen (secondary N) is 4. The summed E-state index contributed by atoms with van der Waals surface area (Å²) in [4.78, 5) is 60.6. The van der Waals surface area contributed by atoms with E-state index in [1.54, 1.807) is 6.92 Å². The zero-order valence-electron chi connectivity index (χ0n) is 17.0. The Morgan fingerprint density at radius 3 is 2.42 bits per heavy atom. The molecule has 12 heteroatoms. The monoisotopic (exact) mass is 440 g/mol. The highest BCUT2D eigenvalue weighted by Crippen LogP contribution is 2.23. The minimum Gasteiger partial charge on any atom is -0.453 e. The van der Waals surface area contributed by atoms with E-state index in [2.05, 4.69) is 26.0 Å². The number of Topliss-reactive ketones (excluding diaryl/α,β-unsaturated/α-hetero) is 1. The quantitative estimate of drug-likeness (QED) is 0.454. The highest BCUT2D eigenvalue weighted by atomic mass is 19.2. The van der Waals surface area contributed by atoms with Crippen LogP contribution in [0.15, 0.2) is 12.1 Å². The fourth-order valence-corrected chi connectivity index (χ4v) is 3.19. The maximum atomic E-state index is 13.8. The second-order valence-electron chi connectivity index (χ2n) is 6.98. The molecule has 1 fully saturated rings. The van der Waals surface area contributed by atoms with Gasteiger partial charge in [-0.05, 0) is 25.8 Å². The molecule has 1 heterocycles. The lowest BCUT2D eigenvalue weighted by atomic mass is 9.93. The highest BCUT2D eigenvalue weighted by molar-refractivity contribution is 6.38. The fraction of sp³-hybridized carbons (Fsp3) is 0.421. The van der Waals surface area contributed by atoms with Crippen molar-refractivity contribution in [1.82, 2.24) is 16.0 Å². The van der Waals surface area contributed by atoms with E-state index < -0.39 is 58.5 Å². The molecule has 1 saturated heterocycles. The van der Waals surface area contributed by atoms with Crippen LogP contribution in [0.25, 0.3) is 0 Å². The van der Waals surface area contributed by atoms with Crippen LogP contribution >= 0.6 is 0 Å². The summed E-state index contributed by atoms with van der Waals surface area (Å²) in [6.07, 6.45) is -0.848. The van der Waals surface area contributed by atoms with Crippen LogP contribution in [0, 0.1) is 17.6 Å². The molecule has 10 nitrogen and oxygen atoms in total. The average molecular weight is 440 g/mol. The number of ether oxygens (including phenoxy) is 1. The van der Waals surface area contributed by atoms with E-state index in [4.69, 9.17) is 0 Å². The number of halogens is 2. The van der Waals surface area contributed by atoms with Gasteiger partial charge in [0.2, 0.25) is 11.7 Å². The molecule has 0 aromatic heterocycles. The molecule has 0 bridgehead atoms. The number of hydrogen-bond donors (Lipinski definition) is 4. The lowest BCUT2D eigenvalue weighted by molar-refractivity contribution is -0.139. The second-order valence-corrected chi connectivity index (χ2v) is 6.98. The van der Waals surface area contributed by atoms with Crippen LogP contribution in [-0.2, 0) is 19.1 Å².